The molecule has 3 nitrogen and oxygen atoms in total. The van der Waals surface area contributed by atoms with Crippen LogP contribution in [0.15, 0.2) is 0 Å². The molecule has 0 aliphatic rings. The Balaban J connectivity index is 0. The molecule has 0 aliphatic heterocycles. The Morgan fingerprint density at radius 2 is 0.957 bits per heavy atom. The summed E-state index contributed by atoms with van der Waals surface area (Å²) >= 11 is 0. The van der Waals surface area contributed by atoms with E-state index in [1.165, 1.54) is 89.9 Å². The van der Waals surface area contributed by atoms with Gasteiger partial charge in [-0.2, -0.15) is 0 Å². The van der Waals surface area contributed by atoms with E-state index in [0.29, 0.717) is 6.61 Å². The van der Waals surface area contributed by atoms with Crippen LogP contribution < -0.4 is 0 Å². The standard InChI is InChI=1S/C18H37O3P.Nd/c1-2-3-4-5-6-7-8-9-10-11-12-13-14-15-16-17-18-21-22(19)20;/h2-18H2,1H3;/p+1. The molecule has 0 rings (SSSR count). The molecule has 1 unspecified atom stereocenters. The second-order valence-electron chi connectivity index (χ2n) is 6.37. The van der Waals surface area contributed by atoms with Crippen LogP contribution in [-0.2, 0) is 9.09 Å². The second kappa shape index (κ2) is 23.4. The van der Waals surface area contributed by atoms with Crippen molar-refractivity contribution in [2.75, 3.05) is 6.61 Å². The zero-order valence-electron chi connectivity index (χ0n) is 15.2. The average molecular weight is 478 g/mol. The van der Waals surface area contributed by atoms with Crippen LogP contribution in [0.3, 0.4) is 0 Å². The van der Waals surface area contributed by atoms with Gasteiger partial charge in [0.15, 0.2) is 0 Å². The first-order valence-electron chi connectivity index (χ1n) is 9.56. The summed E-state index contributed by atoms with van der Waals surface area (Å²) in [6, 6.07) is 0. The topological polar surface area (TPSA) is 46.5 Å². The van der Waals surface area contributed by atoms with Crippen LogP contribution in [0.4, 0.5) is 0 Å². The quantitative estimate of drug-likeness (QED) is 0.172. The average Bonchev–Trinajstić information content (AvgIpc) is 2.50. The molecule has 0 heterocycles. The van der Waals surface area contributed by atoms with Crippen molar-refractivity contribution in [1.29, 1.82) is 0 Å². The molecule has 0 radical (unpaired) electrons. The van der Waals surface area contributed by atoms with Gasteiger partial charge in [-0.25, -0.2) is 0 Å². The Kier molecular flexibility index (Phi) is 27.0. The van der Waals surface area contributed by atoms with Crippen molar-refractivity contribution >= 4 is 8.25 Å². The molecule has 0 aromatic heterocycles. The Bertz CT molecular complexity index is 240. The molecular weight excluding hydrogens is 439 g/mol. The van der Waals surface area contributed by atoms with Crippen molar-refractivity contribution in [3.8, 4) is 0 Å². The predicted molar refractivity (Wildman–Crippen MR) is 95.3 cm³/mol. The number of rotatable bonds is 18. The molecule has 0 bridgehead atoms. The van der Waals surface area contributed by atoms with Gasteiger partial charge in [-0.05, 0) is 6.42 Å². The normalized spacial score (nSPS) is 11.3. The van der Waals surface area contributed by atoms with Crippen LogP contribution in [0, 0.1) is 40.8 Å². The van der Waals surface area contributed by atoms with E-state index in [1.807, 2.05) is 0 Å². The van der Waals surface area contributed by atoms with Crippen molar-refractivity contribution in [2.24, 2.45) is 0 Å². The largest absolute Gasteiger partial charge is 0.694 e. The van der Waals surface area contributed by atoms with E-state index in [1.54, 1.807) is 0 Å². The summed E-state index contributed by atoms with van der Waals surface area (Å²) < 4.78 is 14.9. The third-order valence-corrected chi connectivity index (χ3v) is 4.60. The van der Waals surface area contributed by atoms with Crippen LogP contribution >= 0.6 is 8.25 Å². The molecule has 0 aromatic carbocycles. The first-order chi connectivity index (χ1) is 10.8. The number of unbranched alkanes of at least 4 members (excludes halogenated alkanes) is 15. The zero-order valence-corrected chi connectivity index (χ0v) is 19.3. The smallest absolute Gasteiger partial charge is 0.133 e. The molecule has 0 aliphatic carbocycles. The van der Waals surface area contributed by atoms with Gasteiger partial charge in [0.1, 0.15) is 6.61 Å². The molecule has 1 N–H and O–H groups in total. The summed E-state index contributed by atoms with van der Waals surface area (Å²) in [5, 5.41) is 0. The third-order valence-electron chi connectivity index (χ3n) is 4.20. The maximum absolute atomic E-state index is 10.3. The summed E-state index contributed by atoms with van der Waals surface area (Å²) in [5.74, 6) is 0. The minimum absolute atomic E-state index is 0. The van der Waals surface area contributed by atoms with Crippen molar-refractivity contribution in [1.82, 2.24) is 0 Å². The minimum atomic E-state index is -2.39. The molecule has 0 fully saturated rings. The predicted octanol–water partition coefficient (Wildman–Crippen LogP) is 6.91. The van der Waals surface area contributed by atoms with Gasteiger partial charge >= 0.3 is 8.25 Å². The summed E-state index contributed by atoms with van der Waals surface area (Å²) in [6.45, 7) is 2.69. The van der Waals surface area contributed by atoms with Gasteiger partial charge in [0.05, 0.1) is 0 Å². The van der Waals surface area contributed by atoms with Crippen molar-refractivity contribution in [2.45, 2.75) is 110 Å². The third kappa shape index (κ3) is 25.7. The van der Waals surface area contributed by atoms with Crippen LogP contribution in [0.1, 0.15) is 110 Å². The van der Waals surface area contributed by atoms with Crippen LogP contribution in [-0.4, -0.2) is 11.5 Å². The van der Waals surface area contributed by atoms with Gasteiger partial charge < -0.3 is 0 Å². The first kappa shape index (κ1) is 26.6. The van der Waals surface area contributed by atoms with E-state index >= 15 is 0 Å². The Labute approximate surface area is 178 Å². The molecule has 0 spiro atoms. The van der Waals surface area contributed by atoms with Crippen molar-refractivity contribution in [3.63, 3.8) is 0 Å². The summed E-state index contributed by atoms with van der Waals surface area (Å²) in [4.78, 5) is 8.46. The van der Waals surface area contributed by atoms with Gasteiger partial charge in [0.2, 0.25) is 0 Å². The van der Waals surface area contributed by atoms with Crippen LogP contribution in [0.5, 0.6) is 0 Å². The monoisotopic (exact) mass is 475 g/mol. The Hall–Kier alpha value is 1.37. The van der Waals surface area contributed by atoms with Crippen LogP contribution in [0.25, 0.3) is 0 Å². The Morgan fingerprint density at radius 1 is 0.652 bits per heavy atom. The number of hydrogen-bond donors (Lipinski definition) is 1. The zero-order chi connectivity index (χ0) is 16.3. The molecule has 23 heavy (non-hydrogen) atoms. The van der Waals surface area contributed by atoms with Gasteiger partial charge in [-0.3, -0.25) is 0 Å². The molecule has 136 valence electrons. The fourth-order valence-electron chi connectivity index (χ4n) is 2.79. The SMILES string of the molecule is CCCCCCCCCCCCCCCCCCO[P+](=O)O.[Nd]. The summed E-state index contributed by atoms with van der Waals surface area (Å²) in [5.41, 5.74) is 0. The van der Waals surface area contributed by atoms with E-state index in [-0.39, 0.29) is 40.8 Å². The minimum Gasteiger partial charge on any atom is -0.133 e. The molecule has 0 amide bonds. The first-order valence-corrected chi connectivity index (χ1v) is 10.7. The van der Waals surface area contributed by atoms with Gasteiger partial charge in [0, 0.05) is 45.4 Å². The Morgan fingerprint density at radius 3 is 1.26 bits per heavy atom. The summed E-state index contributed by atoms with van der Waals surface area (Å²) in [6.07, 6.45) is 21.4. The fraction of sp³-hybridized carbons (Fsp3) is 1.00. The van der Waals surface area contributed by atoms with Crippen molar-refractivity contribution in [3.05, 3.63) is 0 Å². The maximum atomic E-state index is 10.3. The molecule has 0 aromatic rings. The van der Waals surface area contributed by atoms with Crippen molar-refractivity contribution < 1.29 is 54.8 Å². The van der Waals surface area contributed by atoms with Gasteiger partial charge in [-0.15, -0.1) is 9.42 Å². The molecule has 0 saturated carbocycles. The second-order valence-corrected chi connectivity index (χ2v) is 7.11. The van der Waals surface area contributed by atoms with Gasteiger partial charge in [0.25, 0.3) is 0 Å². The maximum Gasteiger partial charge on any atom is 0.694 e. The van der Waals surface area contributed by atoms with Gasteiger partial charge in [-0.1, -0.05) is 103 Å². The molecule has 5 heteroatoms. The fourth-order valence-corrected chi connectivity index (χ4v) is 3.08. The van der Waals surface area contributed by atoms with E-state index in [9.17, 15) is 4.57 Å². The van der Waals surface area contributed by atoms with E-state index in [2.05, 4.69) is 11.4 Å². The molecule has 0 saturated heterocycles. The van der Waals surface area contributed by atoms with E-state index in [4.69, 9.17) is 4.89 Å². The summed E-state index contributed by atoms with van der Waals surface area (Å²) in [7, 11) is -2.39. The molecule has 1 atom stereocenters. The van der Waals surface area contributed by atoms with E-state index < -0.39 is 8.25 Å². The molecular formula is C18H38NdO3P+. The van der Waals surface area contributed by atoms with Crippen LogP contribution in [0.2, 0.25) is 0 Å². The number of hydrogen-bond acceptors (Lipinski definition) is 2. The van der Waals surface area contributed by atoms with E-state index in [0.717, 1.165) is 12.8 Å².